The molecule has 0 aliphatic rings. The Hall–Kier alpha value is -2.54. The fraction of sp³-hybridized carbons (Fsp3) is 0.214. The van der Waals surface area contributed by atoms with Gasteiger partial charge in [0.05, 0.1) is 12.2 Å². The zero-order valence-electron chi connectivity index (χ0n) is 11.3. The Bertz CT molecular complexity index is 649. The molecule has 0 aliphatic carbocycles. The van der Waals surface area contributed by atoms with E-state index in [1.807, 2.05) is 0 Å². The van der Waals surface area contributed by atoms with E-state index in [-0.39, 0.29) is 17.1 Å². The Balaban J connectivity index is 2.40. The second-order valence-corrected chi connectivity index (χ2v) is 4.17. The first-order valence-corrected chi connectivity index (χ1v) is 6.22. The third-order valence-electron chi connectivity index (χ3n) is 2.67. The summed E-state index contributed by atoms with van der Waals surface area (Å²) in [6.45, 7) is 0.880. The van der Waals surface area contributed by atoms with Gasteiger partial charge in [-0.3, -0.25) is 0 Å². The lowest BCUT2D eigenvalue weighted by Gasteiger charge is -2.08. The van der Waals surface area contributed by atoms with Gasteiger partial charge in [-0.25, -0.2) is 19.2 Å². The Morgan fingerprint density at radius 1 is 1.38 bits per heavy atom. The number of hydrogen-bond acceptors (Lipinski definition) is 5. The highest BCUT2D eigenvalue weighted by atomic mass is 19.1. The molecule has 2 rings (SSSR count). The number of benzene rings is 1. The molecule has 0 bridgehead atoms. The van der Waals surface area contributed by atoms with Crippen molar-refractivity contribution in [2.45, 2.75) is 0 Å². The van der Waals surface area contributed by atoms with Gasteiger partial charge in [-0.15, -0.1) is 0 Å². The second kappa shape index (κ2) is 6.76. The van der Waals surface area contributed by atoms with Crippen molar-refractivity contribution >= 4 is 11.8 Å². The first kappa shape index (κ1) is 14.9. The van der Waals surface area contributed by atoms with E-state index in [4.69, 9.17) is 9.84 Å². The molecular weight excluding hydrogens is 277 g/mol. The Morgan fingerprint density at radius 3 is 2.81 bits per heavy atom. The monoisotopic (exact) mass is 291 g/mol. The normalized spacial score (nSPS) is 10.4. The van der Waals surface area contributed by atoms with E-state index in [0.717, 1.165) is 0 Å². The standard InChI is InChI=1S/C14H14FN3O3/c1-21-7-6-16-12-8-11(14(19)20)17-13(18-12)9-4-2-3-5-10(9)15/h2-5,8H,6-7H2,1H3,(H,19,20)(H,16,17,18). The molecule has 1 aromatic heterocycles. The van der Waals surface area contributed by atoms with Gasteiger partial charge in [-0.05, 0) is 12.1 Å². The SMILES string of the molecule is COCCNc1cc(C(=O)O)nc(-c2ccccc2F)n1. The number of aromatic nitrogens is 2. The van der Waals surface area contributed by atoms with Gasteiger partial charge in [0.15, 0.2) is 11.5 Å². The van der Waals surface area contributed by atoms with E-state index < -0.39 is 11.8 Å². The van der Waals surface area contributed by atoms with Crippen LogP contribution in [0.3, 0.4) is 0 Å². The van der Waals surface area contributed by atoms with E-state index >= 15 is 0 Å². The number of nitrogens with zero attached hydrogens (tertiary/aromatic N) is 2. The van der Waals surface area contributed by atoms with Crippen molar-refractivity contribution in [2.24, 2.45) is 0 Å². The molecular formula is C14H14FN3O3. The van der Waals surface area contributed by atoms with Crippen LogP contribution in [0, 0.1) is 5.82 Å². The van der Waals surface area contributed by atoms with Gasteiger partial charge in [-0.1, -0.05) is 12.1 Å². The van der Waals surface area contributed by atoms with E-state index in [1.165, 1.54) is 24.3 Å². The zero-order chi connectivity index (χ0) is 15.2. The quantitative estimate of drug-likeness (QED) is 0.792. The van der Waals surface area contributed by atoms with Crippen LogP contribution in [-0.4, -0.2) is 41.3 Å². The van der Waals surface area contributed by atoms with Crippen molar-refractivity contribution in [3.05, 3.63) is 41.8 Å². The molecule has 1 heterocycles. The van der Waals surface area contributed by atoms with Crippen LogP contribution in [0.5, 0.6) is 0 Å². The van der Waals surface area contributed by atoms with E-state index in [2.05, 4.69) is 15.3 Å². The maximum atomic E-state index is 13.8. The summed E-state index contributed by atoms with van der Waals surface area (Å²) in [7, 11) is 1.55. The number of rotatable bonds is 6. The minimum atomic E-state index is -1.20. The number of nitrogens with one attached hydrogen (secondary N) is 1. The predicted octanol–water partition coefficient (Wildman–Crippen LogP) is 2.04. The molecule has 0 atom stereocenters. The van der Waals surface area contributed by atoms with Crippen LogP contribution in [0.25, 0.3) is 11.4 Å². The number of ether oxygens (including phenoxy) is 1. The number of carboxylic acids is 1. The van der Waals surface area contributed by atoms with Crippen molar-refractivity contribution < 1.29 is 19.0 Å². The van der Waals surface area contributed by atoms with Gasteiger partial charge >= 0.3 is 5.97 Å². The number of methoxy groups -OCH3 is 1. The lowest BCUT2D eigenvalue weighted by Crippen LogP contribution is -2.12. The average Bonchev–Trinajstić information content (AvgIpc) is 2.47. The molecule has 7 heteroatoms. The summed E-state index contributed by atoms with van der Waals surface area (Å²) < 4.78 is 18.7. The summed E-state index contributed by atoms with van der Waals surface area (Å²) in [5, 5.41) is 12.0. The number of hydrogen-bond donors (Lipinski definition) is 2. The number of carboxylic acid groups (broad SMARTS) is 1. The van der Waals surface area contributed by atoms with Gasteiger partial charge in [0, 0.05) is 19.7 Å². The number of aromatic carboxylic acids is 1. The van der Waals surface area contributed by atoms with Crippen LogP contribution in [0.2, 0.25) is 0 Å². The molecule has 21 heavy (non-hydrogen) atoms. The first-order chi connectivity index (χ1) is 10.1. The van der Waals surface area contributed by atoms with E-state index in [1.54, 1.807) is 13.2 Å². The van der Waals surface area contributed by atoms with Crippen molar-refractivity contribution in [3.63, 3.8) is 0 Å². The summed E-state index contributed by atoms with van der Waals surface area (Å²) in [5.74, 6) is -1.39. The smallest absolute Gasteiger partial charge is 0.354 e. The Labute approximate surface area is 120 Å². The molecule has 0 unspecified atom stereocenters. The summed E-state index contributed by atoms with van der Waals surface area (Å²) >= 11 is 0. The zero-order valence-corrected chi connectivity index (χ0v) is 11.3. The molecule has 0 fully saturated rings. The van der Waals surface area contributed by atoms with Crippen LogP contribution < -0.4 is 5.32 Å². The fourth-order valence-corrected chi connectivity index (χ4v) is 1.69. The van der Waals surface area contributed by atoms with Gasteiger partial charge in [0.1, 0.15) is 11.6 Å². The maximum Gasteiger partial charge on any atom is 0.354 e. The topological polar surface area (TPSA) is 84.3 Å². The van der Waals surface area contributed by atoms with Crippen molar-refractivity contribution in [1.29, 1.82) is 0 Å². The molecule has 1 aromatic carbocycles. The Kier molecular flexibility index (Phi) is 4.78. The van der Waals surface area contributed by atoms with Crippen molar-refractivity contribution in [2.75, 3.05) is 25.6 Å². The van der Waals surface area contributed by atoms with Crippen LogP contribution in [0.4, 0.5) is 10.2 Å². The molecule has 0 amide bonds. The molecule has 2 N–H and O–H groups in total. The number of anilines is 1. The van der Waals surface area contributed by atoms with E-state index in [0.29, 0.717) is 19.0 Å². The highest BCUT2D eigenvalue weighted by molar-refractivity contribution is 5.87. The van der Waals surface area contributed by atoms with Gasteiger partial charge in [-0.2, -0.15) is 0 Å². The first-order valence-electron chi connectivity index (χ1n) is 6.22. The van der Waals surface area contributed by atoms with Crippen LogP contribution in [0.15, 0.2) is 30.3 Å². The molecule has 0 aliphatic heterocycles. The minimum absolute atomic E-state index is 0.0212. The molecule has 110 valence electrons. The lowest BCUT2D eigenvalue weighted by atomic mass is 10.2. The highest BCUT2D eigenvalue weighted by Gasteiger charge is 2.14. The van der Waals surface area contributed by atoms with Gasteiger partial charge in [0.2, 0.25) is 0 Å². The second-order valence-electron chi connectivity index (χ2n) is 4.17. The molecule has 6 nitrogen and oxygen atoms in total. The van der Waals surface area contributed by atoms with Crippen molar-refractivity contribution in [3.8, 4) is 11.4 Å². The van der Waals surface area contributed by atoms with Crippen LogP contribution in [-0.2, 0) is 4.74 Å². The summed E-state index contributed by atoms with van der Waals surface area (Å²) in [4.78, 5) is 19.1. The van der Waals surface area contributed by atoms with Crippen LogP contribution in [0.1, 0.15) is 10.5 Å². The van der Waals surface area contributed by atoms with Crippen molar-refractivity contribution in [1.82, 2.24) is 9.97 Å². The van der Waals surface area contributed by atoms with E-state index in [9.17, 15) is 9.18 Å². The number of halogens is 1. The summed E-state index contributed by atoms with van der Waals surface area (Å²) in [6, 6.07) is 7.23. The third kappa shape index (κ3) is 3.73. The molecule has 0 saturated carbocycles. The molecule has 0 spiro atoms. The molecule has 2 aromatic rings. The highest BCUT2D eigenvalue weighted by Crippen LogP contribution is 2.21. The summed E-state index contributed by atoms with van der Waals surface area (Å²) in [6.07, 6.45) is 0. The molecule has 0 radical (unpaired) electrons. The Morgan fingerprint density at radius 2 is 2.14 bits per heavy atom. The minimum Gasteiger partial charge on any atom is -0.477 e. The maximum absolute atomic E-state index is 13.8. The van der Waals surface area contributed by atoms with Gasteiger partial charge < -0.3 is 15.2 Å². The van der Waals surface area contributed by atoms with Gasteiger partial charge in [0.25, 0.3) is 0 Å². The third-order valence-corrected chi connectivity index (χ3v) is 2.67. The summed E-state index contributed by atoms with van der Waals surface area (Å²) in [5.41, 5.74) is -0.0569. The number of carbonyl (C=O) groups is 1. The molecule has 0 saturated heterocycles. The average molecular weight is 291 g/mol. The predicted molar refractivity (Wildman–Crippen MR) is 74.8 cm³/mol. The lowest BCUT2D eigenvalue weighted by molar-refractivity contribution is 0.0690. The fourth-order valence-electron chi connectivity index (χ4n) is 1.69. The van der Waals surface area contributed by atoms with Crippen LogP contribution >= 0.6 is 0 Å². The largest absolute Gasteiger partial charge is 0.477 e.